The van der Waals surface area contributed by atoms with Gasteiger partial charge in [0.05, 0.1) is 11.7 Å². The van der Waals surface area contributed by atoms with Crippen molar-refractivity contribution in [3.8, 4) is 0 Å². The second kappa shape index (κ2) is 6.99. The number of hydrogen-bond acceptors (Lipinski definition) is 4. The van der Waals surface area contributed by atoms with Gasteiger partial charge in [0.2, 0.25) is 6.08 Å². The number of benzene rings is 1. The van der Waals surface area contributed by atoms with Crippen LogP contribution in [-0.4, -0.2) is 35.4 Å². The average Bonchev–Trinajstić information content (AvgIpc) is 2.41. The smallest absolute Gasteiger partial charge is 0.236 e. The third-order valence-corrected chi connectivity index (χ3v) is 3.58. The summed E-state index contributed by atoms with van der Waals surface area (Å²) in [5.41, 5.74) is 1.07. The number of nitrogens with zero attached hydrogens (tertiary/aromatic N) is 2. The molecular weight excluding hydrogens is 264 g/mol. The number of likely N-dealkylation sites (tertiary alicyclic amines) is 1. The van der Waals surface area contributed by atoms with Crippen LogP contribution in [0.3, 0.4) is 0 Å². The molecule has 4 nitrogen and oxygen atoms in total. The van der Waals surface area contributed by atoms with Gasteiger partial charge >= 0.3 is 0 Å². The molecule has 0 radical (unpaired) electrons. The highest BCUT2D eigenvalue weighted by Gasteiger charge is 2.31. The van der Waals surface area contributed by atoms with E-state index in [4.69, 9.17) is 4.74 Å². The second-order valence-corrected chi connectivity index (χ2v) is 6.53. The lowest BCUT2D eigenvalue weighted by molar-refractivity contribution is -0.0933. The number of rotatable bonds is 4. The first kappa shape index (κ1) is 15.9. The van der Waals surface area contributed by atoms with Crippen molar-refractivity contribution < 1.29 is 9.53 Å². The number of isocyanates is 1. The van der Waals surface area contributed by atoms with E-state index in [1.165, 1.54) is 5.56 Å². The highest BCUT2D eigenvalue weighted by molar-refractivity contribution is 5.33. The fourth-order valence-corrected chi connectivity index (χ4v) is 2.77. The SMILES string of the molecule is CC(C)(C)OC1CCN(Cc2ccccc2)C(N=C=O)C1. The first-order valence-electron chi connectivity index (χ1n) is 7.51. The zero-order valence-electron chi connectivity index (χ0n) is 13.1. The molecule has 1 aromatic carbocycles. The summed E-state index contributed by atoms with van der Waals surface area (Å²) in [6.45, 7) is 7.86. The van der Waals surface area contributed by atoms with E-state index in [1.54, 1.807) is 6.08 Å². The van der Waals surface area contributed by atoms with Crippen LogP contribution in [0.2, 0.25) is 0 Å². The predicted octanol–water partition coefficient (Wildman–Crippen LogP) is 3.13. The maximum absolute atomic E-state index is 10.7. The number of piperidine rings is 1. The van der Waals surface area contributed by atoms with Gasteiger partial charge in [0.1, 0.15) is 6.17 Å². The van der Waals surface area contributed by atoms with Gasteiger partial charge in [-0.2, -0.15) is 4.99 Å². The molecule has 1 aromatic rings. The van der Waals surface area contributed by atoms with Crippen molar-refractivity contribution in [2.75, 3.05) is 6.54 Å². The summed E-state index contributed by atoms with van der Waals surface area (Å²) in [4.78, 5) is 16.9. The highest BCUT2D eigenvalue weighted by Crippen LogP contribution is 2.26. The molecule has 1 heterocycles. The van der Waals surface area contributed by atoms with Crippen molar-refractivity contribution in [1.29, 1.82) is 0 Å². The molecule has 2 rings (SSSR count). The Morgan fingerprint density at radius 2 is 2.05 bits per heavy atom. The summed E-state index contributed by atoms with van der Waals surface area (Å²) < 4.78 is 6.04. The van der Waals surface area contributed by atoms with Crippen molar-refractivity contribution >= 4 is 6.08 Å². The Bertz CT molecular complexity index is 489. The van der Waals surface area contributed by atoms with Gasteiger partial charge < -0.3 is 4.74 Å². The monoisotopic (exact) mass is 288 g/mol. The Morgan fingerprint density at radius 1 is 1.33 bits per heavy atom. The molecule has 0 amide bonds. The molecule has 0 saturated carbocycles. The molecule has 0 aromatic heterocycles. The summed E-state index contributed by atoms with van der Waals surface area (Å²) in [5.74, 6) is 0. The van der Waals surface area contributed by atoms with E-state index in [2.05, 4.69) is 42.8 Å². The van der Waals surface area contributed by atoms with E-state index in [9.17, 15) is 4.79 Å². The Kier molecular flexibility index (Phi) is 5.29. The predicted molar refractivity (Wildman–Crippen MR) is 82.6 cm³/mol. The van der Waals surface area contributed by atoms with Crippen LogP contribution in [0.25, 0.3) is 0 Å². The summed E-state index contributed by atoms with van der Waals surface area (Å²) in [5, 5.41) is 0. The Hall–Kier alpha value is -1.48. The van der Waals surface area contributed by atoms with Gasteiger partial charge in [0.25, 0.3) is 0 Å². The quantitative estimate of drug-likeness (QED) is 0.631. The average molecular weight is 288 g/mol. The Balaban J connectivity index is 2.01. The molecule has 4 heteroatoms. The van der Waals surface area contributed by atoms with Gasteiger partial charge in [-0.25, -0.2) is 4.79 Å². The van der Waals surface area contributed by atoms with Crippen molar-refractivity contribution in [3.63, 3.8) is 0 Å². The number of ether oxygens (including phenoxy) is 1. The maximum Gasteiger partial charge on any atom is 0.236 e. The molecule has 1 aliphatic rings. The topological polar surface area (TPSA) is 41.9 Å². The lowest BCUT2D eigenvalue weighted by Crippen LogP contribution is -2.45. The van der Waals surface area contributed by atoms with E-state index < -0.39 is 0 Å². The molecule has 0 spiro atoms. The van der Waals surface area contributed by atoms with Crippen molar-refractivity contribution in [3.05, 3.63) is 35.9 Å². The molecule has 1 fully saturated rings. The standard InChI is InChI=1S/C17H24N2O2/c1-17(2,3)21-15-9-10-19(16(11-15)18-13-20)12-14-7-5-4-6-8-14/h4-8,15-16H,9-12H2,1-3H3. The highest BCUT2D eigenvalue weighted by atomic mass is 16.5. The molecule has 21 heavy (non-hydrogen) atoms. The maximum atomic E-state index is 10.7. The lowest BCUT2D eigenvalue weighted by atomic mass is 10.0. The molecule has 0 bridgehead atoms. The molecule has 0 aliphatic carbocycles. The number of hydrogen-bond donors (Lipinski definition) is 0. The minimum atomic E-state index is -0.165. The van der Waals surface area contributed by atoms with Gasteiger partial charge in [0, 0.05) is 19.5 Å². The summed E-state index contributed by atoms with van der Waals surface area (Å²) in [6, 6.07) is 10.3. The van der Waals surface area contributed by atoms with Gasteiger partial charge in [-0.05, 0) is 32.8 Å². The van der Waals surface area contributed by atoms with Crippen LogP contribution < -0.4 is 0 Å². The Labute approximate surface area is 126 Å². The van der Waals surface area contributed by atoms with Gasteiger partial charge in [-0.15, -0.1) is 0 Å². The fourth-order valence-electron chi connectivity index (χ4n) is 2.77. The molecule has 2 unspecified atom stereocenters. The molecule has 1 aliphatic heterocycles. The van der Waals surface area contributed by atoms with Crippen molar-refractivity contribution in [2.24, 2.45) is 4.99 Å². The third-order valence-electron chi connectivity index (χ3n) is 3.58. The first-order valence-corrected chi connectivity index (χ1v) is 7.51. The van der Waals surface area contributed by atoms with Crippen LogP contribution in [0.1, 0.15) is 39.2 Å². The molecule has 114 valence electrons. The summed E-state index contributed by atoms with van der Waals surface area (Å²) >= 11 is 0. The number of carbonyl (C=O) groups excluding carboxylic acids is 1. The molecular formula is C17H24N2O2. The van der Waals surface area contributed by atoms with Crippen LogP contribution in [0.4, 0.5) is 0 Å². The van der Waals surface area contributed by atoms with Crippen molar-refractivity contribution in [1.82, 2.24) is 4.90 Å². The lowest BCUT2D eigenvalue weighted by Gasteiger charge is -2.38. The van der Waals surface area contributed by atoms with E-state index >= 15 is 0 Å². The van der Waals surface area contributed by atoms with Gasteiger partial charge in [-0.1, -0.05) is 30.3 Å². The summed E-state index contributed by atoms with van der Waals surface area (Å²) in [6.07, 6.45) is 3.45. The van der Waals surface area contributed by atoms with Crippen LogP contribution in [0.5, 0.6) is 0 Å². The van der Waals surface area contributed by atoms with Crippen LogP contribution >= 0.6 is 0 Å². The van der Waals surface area contributed by atoms with Gasteiger partial charge in [-0.3, -0.25) is 4.90 Å². The first-order chi connectivity index (χ1) is 9.98. The molecule has 0 N–H and O–H groups in total. The van der Waals surface area contributed by atoms with Gasteiger partial charge in [0.15, 0.2) is 0 Å². The third kappa shape index (κ3) is 5.09. The number of aliphatic imine (C=N–C) groups is 1. The van der Waals surface area contributed by atoms with E-state index in [1.807, 2.05) is 18.2 Å². The second-order valence-electron chi connectivity index (χ2n) is 6.53. The minimum Gasteiger partial charge on any atom is -0.372 e. The van der Waals surface area contributed by atoms with E-state index in [0.29, 0.717) is 0 Å². The largest absolute Gasteiger partial charge is 0.372 e. The zero-order chi connectivity index (χ0) is 15.3. The molecule has 1 saturated heterocycles. The van der Waals surface area contributed by atoms with Crippen LogP contribution in [0, 0.1) is 0 Å². The normalized spacial score (nSPS) is 23.6. The van der Waals surface area contributed by atoms with E-state index in [0.717, 1.165) is 25.9 Å². The summed E-state index contributed by atoms with van der Waals surface area (Å²) in [7, 11) is 0. The Morgan fingerprint density at radius 3 is 2.67 bits per heavy atom. The fraction of sp³-hybridized carbons (Fsp3) is 0.588. The minimum absolute atomic E-state index is 0.135. The van der Waals surface area contributed by atoms with Crippen LogP contribution in [0.15, 0.2) is 35.3 Å². The molecule has 2 atom stereocenters. The zero-order valence-corrected chi connectivity index (χ0v) is 13.1. The van der Waals surface area contributed by atoms with Crippen LogP contribution in [-0.2, 0) is 16.1 Å². The van der Waals surface area contributed by atoms with E-state index in [-0.39, 0.29) is 17.9 Å². The van der Waals surface area contributed by atoms with Crippen molar-refractivity contribution in [2.45, 2.75) is 58.0 Å².